The maximum atomic E-state index is 10.8. The first-order valence-electron chi connectivity index (χ1n) is 8.28. The summed E-state index contributed by atoms with van der Waals surface area (Å²) in [5.41, 5.74) is 1.72. The number of nitrogens with zero attached hydrogens (tertiary/aromatic N) is 3. The van der Waals surface area contributed by atoms with Crippen LogP contribution in [0.2, 0.25) is 0 Å². The fraction of sp³-hybridized carbons (Fsp3) is 0.556. The van der Waals surface area contributed by atoms with Gasteiger partial charge < -0.3 is 9.63 Å². The van der Waals surface area contributed by atoms with Crippen molar-refractivity contribution in [2.24, 2.45) is 5.92 Å². The summed E-state index contributed by atoms with van der Waals surface area (Å²) in [5, 5.41) is 14.6. The molecule has 1 fully saturated rings. The SMILES string of the molecule is Cc1noc(C2(O)CCN(Cc3ccccc3CC(C)C)C2)n1. The van der Waals surface area contributed by atoms with Crippen molar-refractivity contribution in [1.82, 2.24) is 15.0 Å². The van der Waals surface area contributed by atoms with Gasteiger partial charge in [0.2, 0.25) is 0 Å². The van der Waals surface area contributed by atoms with Gasteiger partial charge in [-0.15, -0.1) is 0 Å². The minimum atomic E-state index is -1.02. The normalized spacial score (nSPS) is 22.1. The van der Waals surface area contributed by atoms with Crippen LogP contribution in [0.15, 0.2) is 28.8 Å². The molecule has 0 spiro atoms. The number of aromatic nitrogens is 2. The van der Waals surface area contributed by atoms with Crippen LogP contribution in [-0.2, 0) is 18.6 Å². The highest BCUT2D eigenvalue weighted by molar-refractivity contribution is 5.27. The van der Waals surface area contributed by atoms with Gasteiger partial charge in [0.15, 0.2) is 11.4 Å². The van der Waals surface area contributed by atoms with E-state index in [0.717, 1.165) is 19.5 Å². The Labute approximate surface area is 137 Å². The van der Waals surface area contributed by atoms with E-state index in [0.29, 0.717) is 30.6 Å². The molecule has 1 saturated heterocycles. The predicted molar refractivity (Wildman–Crippen MR) is 87.8 cm³/mol. The van der Waals surface area contributed by atoms with Gasteiger partial charge in [-0.05, 0) is 36.8 Å². The van der Waals surface area contributed by atoms with Crippen molar-refractivity contribution in [2.45, 2.75) is 45.8 Å². The van der Waals surface area contributed by atoms with Crippen LogP contribution in [-0.4, -0.2) is 33.2 Å². The van der Waals surface area contributed by atoms with Crippen LogP contribution in [0.4, 0.5) is 0 Å². The molecule has 0 aliphatic carbocycles. The maximum absolute atomic E-state index is 10.8. The number of aliphatic hydroxyl groups is 1. The standard InChI is InChI=1S/C18H25N3O2/c1-13(2)10-15-6-4-5-7-16(15)11-21-9-8-18(22,12-21)17-19-14(3)20-23-17/h4-7,13,22H,8-12H2,1-3H3. The summed E-state index contributed by atoms with van der Waals surface area (Å²) in [4.78, 5) is 6.47. The van der Waals surface area contributed by atoms with E-state index in [2.05, 4.69) is 53.2 Å². The highest BCUT2D eigenvalue weighted by Crippen LogP contribution is 2.32. The molecular weight excluding hydrogens is 290 g/mol. The van der Waals surface area contributed by atoms with Crippen LogP contribution in [0.3, 0.4) is 0 Å². The van der Waals surface area contributed by atoms with Crippen LogP contribution in [0.1, 0.15) is 43.1 Å². The summed E-state index contributed by atoms with van der Waals surface area (Å²) in [6.45, 7) is 8.45. The van der Waals surface area contributed by atoms with Gasteiger partial charge in [-0.3, -0.25) is 4.90 Å². The third kappa shape index (κ3) is 3.62. The monoisotopic (exact) mass is 315 g/mol. The molecule has 0 saturated carbocycles. The molecule has 1 aliphatic heterocycles. The fourth-order valence-electron chi connectivity index (χ4n) is 3.26. The minimum absolute atomic E-state index is 0.341. The summed E-state index contributed by atoms with van der Waals surface area (Å²) >= 11 is 0. The van der Waals surface area contributed by atoms with Crippen molar-refractivity contribution in [1.29, 1.82) is 0 Å². The van der Waals surface area contributed by atoms with E-state index in [4.69, 9.17) is 4.52 Å². The molecule has 2 aromatic rings. The number of hydrogen-bond donors (Lipinski definition) is 1. The number of aryl methyl sites for hydroxylation is 1. The van der Waals surface area contributed by atoms with E-state index < -0.39 is 5.60 Å². The zero-order chi connectivity index (χ0) is 16.4. The van der Waals surface area contributed by atoms with Crippen molar-refractivity contribution >= 4 is 0 Å². The summed E-state index contributed by atoms with van der Waals surface area (Å²) in [6.07, 6.45) is 1.71. The highest BCUT2D eigenvalue weighted by atomic mass is 16.5. The Morgan fingerprint density at radius 3 is 2.70 bits per heavy atom. The van der Waals surface area contributed by atoms with Crippen molar-refractivity contribution in [3.8, 4) is 0 Å². The lowest BCUT2D eigenvalue weighted by Crippen LogP contribution is -2.31. The molecule has 0 bridgehead atoms. The van der Waals surface area contributed by atoms with Crippen LogP contribution >= 0.6 is 0 Å². The first-order chi connectivity index (χ1) is 11.0. The molecular formula is C18H25N3O2. The average Bonchev–Trinajstić information content (AvgIpc) is 3.08. The van der Waals surface area contributed by atoms with Gasteiger partial charge in [0.25, 0.3) is 5.89 Å². The largest absolute Gasteiger partial charge is 0.379 e. The fourth-order valence-corrected chi connectivity index (χ4v) is 3.26. The molecule has 2 heterocycles. The van der Waals surface area contributed by atoms with Crippen LogP contribution in [0, 0.1) is 12.8 Å². The first-order valence-corrected chi connectivity index (χ1v) is 8.28. The molecule has 1 atom stereocenters. The predicted octanol–water partition coefficient (Wildman–Crippen LogP) is 2.67. The second-order valence-corrected chi connectivity index (χ2v) is 7.01. The van der Waals surface area contributed by atoms with Crippen molar-refractivity contribution in [3.05, 3.63) is 47.1 Å². The Kier molecular flexibility index (Phi) is 4.50. The lowest BCUT2D eigenvalue weighted by Gasteiger charge is -2.21. The molecule has 1 N–H and O–H groups in total. The minimum Gasteiger partial charge on any atom is -0.379 e. The molecule has 0 amide bonds. The summed E-state index contributed by atoms with van der Waals surface area (Å²) < 4.78 is 5.19. The molecule has 124 valence electrons. The Balaban J connectivity index is 1.71. The van der Waals surface area contributed by atoms with Crippen molar-refractivity contribution in [3.63, 3.8) is 0 Å². The van der Waals surface area contributed by atoms with Crippen molar-refractivity contribution in [2.75, 3.05) is 13.1 Å². The molecule has 1 aliphatic rings. The molecule has 1 aromatic heterocycles. The van der Waals surface area contributed by atoms with Gasteiger partial charge in [-0.1, -0.05) is 43.3 Å². The van der Waals surface area contributed by atoms with E-state index >= 15 is 0 Å². The lowest BCUT2D eigenvalue weighted by molar-refractivity contribution is 0.0131. The van der Waals surface area contributed by atoms with Gasteiger partial charge in [0.1, 0.15) is 0 Å². The highest BCUT2D eigenvalue weighted by Gasteiger charge is 2.42. The summed E-state index contributed by atoms with van der Waals surface area (Å²) in [6, 6.07) is 8.58. The second-order valence-electron chi connectivity index (χ2n) is 7.01. The van der Waals surface area contributed by atoms with E-state index in [1.165, 1.54) is 11.1 Å². The second kappa shape index (κ2) is 6.42. The molecule has 1 aromatic carbocycles. The molecule has 5 heteroatoms. The number of benzene rings is 1. The number of β-amino-alcohol motifs (C(OH)–C–C–N with tert-alkyl or cyclic N) is 1. The van der Waals surface area contributed by atoms with Gasteiger partial charge in [-0.25, -0.2) is 0 Å². The quantitative estimate of drug-likeness (QED) is 0.919. The van der Waals surface area contributed by atoms with Gasteiger partial charge in [0, 0.05) is 19.6 Å². The Hall–Kier alpha value is -1.72. The summed E-state index contributed by atoms with van der Waals surface area (Å²) in [5.74, 6) is 1.54. The Bertz CT molecular complexity index is 668. The average molecular weight is 315 g/mol. The molecule has 1 unspecified atom stereocenters. The van der Waals surface area contributed by atoms with Crippen LogP contribution < -0.4 is 0 Å². The number of hydrogen-bond acceptors (Lipinski definition) is 5. The van der Waals surface area contributed by atoms with Gasteiger partial charge in [-0.2, -0.15) is 4.98 Å². The summed E-state index contributed by atoms with van der Waals surface area (Å²) in [7, 11) is 0. The maximum Gasteiger partial charge on any atom is 0.259 e. The first kappa shape index (κ1) is 16.1. The van der Waals surface area contributed by atoms with E-state index in [-0.39, 0.29) is 0 Å². The van der Waals surface area contributed by atoms with E-state index in [1.54, 1.807) is 6.92 Å². The molecule has 3 rings (SSSR count). The third-order valence-corrected chi connectivity index (χ3v) is 4.39. The molecule has 5 nitrogen and oxygen atoms in total. The zero-order valence-corrected chi connectivity index (χ0v) is 14.1. The topological polar surface area (TPSA) is 62.4 Å². The number of rotatable bonds is 5. The van der Waals surface area contributed by atoms with Crippen LogP contribution in [0.5, 0.6) is 0 Å². The molecule has 0 radical (unpaired) electrons. The van der Waals surface area contributed by atoms with Crippen molar-refractivity contribution < 1.29 is 9.63 Å². The van der Waals surface area contributed by atoms with Crippen LogP contribution in [0.25, 0.3) is 0 Å². The smallest absolute Gasteiger partial charge is 0.259 e. The number of likely N-dealkylation sites (tertiary alicyclic amines) is 1. The zero-order valence-electron chi connectivity index (χ0n) is 14.1. The van der Waals surface area contributed by atoms with Gasteiger partial charge in [0.05, 0.1) is 0 Å². The van der Waals surface area contributed by atoms with Gasteiger partial charge >= 0.3 is 0 Å². The molecule has 23 heavy (non-hydrogen) atoms. The third-order valence-electron chi connectivity index (χ3n) is 4.39. The Morgan fingerprint density at radius 1 is 1.30 bits per heavy atom. The Morgan fingerprint density at radius 2 is 2.04 bits per heavy atom. The lowest BCUT2D eigenvalue weighted by atomic mass is 9.98. The van der Waals surface area contributed by atoms with E-state index in [9.17, 15) is 5.11 Å². The van der Waals surface area contributed by atoms with E-state index in [1.807, 2.05) is 0 Å².